The number of rotatable bonds is 3. The van der Waals surface area contributed by atoms with Crippen LogP contribution in [-0.4, -0.2) is 30.2 Å². The van der Waals surface area contributed by atoms with E-state index in [0.29, 0.717) is 24.3 Å². The lowest BCUT2D eigenvalue weighted by atomic mass is 9.79. The molecule has 2 aliphatic rings. The van der Waals surface area contributed by atoms with Gasteiger partial charge in [0.1, 0.15) is 6.10 Å². The van der Waals surface area contributed by atoms with E-state index in [1.165, 1.54) is 12.8 Å². The molecular weight excluding hydrogens is 240 g/mol. The maximum atomic E-state index is 12.1. The highest BCUT2D eigenvalue weighted by Crippen LogP contribution is 2.35. The van der Waals surface area contributed by atoms with Crippen LogP contribution in [0.15, 0.2) is 0 Å². The predicted molar refractivity (Wildman–Crippen MR) is 72.3 cm³/mol. The lowest BCUT2D eigenvalue weighted by molar-refractivity contribution is 0.0407. The first-order chi connectivity index (χ1) is 9.02. The van der Waals surface area contributed by atoms with Crippen molar-refractivity contribution < 1.29 is 9.53 Å². The van der Waals surface area contributed by atoms with Gasteiger partial charge in [0.25, 0.3) is 0 Å². The second-order valence-corrected chi connectivity index (χ2v) is 6.30. The average Bonchev–Trinajstić information content (AvgIpc) is 3.21. The van der Waals surface area contributed by atoms with E-state index in [4.69, 9.17) is 4.74 Å². The minimum Gasteiger partial charge on any atom is -0.446 e. The number of amides is 1. The normalized spacial score (nSPS) is 28.9. The maximum absolute atomic E-state index is 12.1. The Morgan fingerprint density at radius 2 is 2.00 bits per heavy atom. The Balaban J connectivity index is 1.88. The Bertz CT molecular complexity index is 371. The third-order valence-electron chi connectivity index (χ3n) is 4.52. The van der Waals surface area contributed by atoms with Crippen LogP contribution in [0.2, 0.25) is 0 Å². The molecule has 1 heterocycles. The zero-order valence-electron chi connectivity index (χ0n) is 12.1. The van der Waals surface area contributed by atoms with E-state index in [0.717, 1.165) is 13.0 Å². The van der Waals surface area contributed by atoms with Crippen molar-refractivity contribution in [3.05, 3.63) is 0 Å². The molecule has 19 heavy (non-hydrogen) atoms. The summed E-state index contributed by atoms with van der Waals surface area (Å²) in [7, 11) is 0. The second kappa shape index (κ2) is 5.81. The van der Waals surface area contributed by atoms with E-state index < -0.39 is 0 Å². The van der Waals surface area contributed by atoms with E-state index in [9.17, 15) is 10.1 Å². The molecule has 3 unspecified atom stereocenters. The molecule has 0 N–H and O–H groups in total. The number of carbonyl (C=O) groups excluding carboxylic acids is 1. The Morgan fingerprint density at radius 1 is 1.32 bits per heavy atom. The quantitative estimate of drug-likeness (QED) is 0.787. The summed E-state index contributed by atoms with van der Waals surface area (Å²) < 4.78 is 5.48. The summed E-state index contributed by atoms with van der Waals surface area (Å²) in [5.74, 6) is 1.39. The molecule has 0 aromatic carbocycles. The molecule has 1 aliphatic heterocycles. The first-order valence-electron chi connectivity index (χ1n) is 7.38. The molecule has 1 saturated heterocycles. The fourth-order valence-electron chi connectivity index (χ4n) is 2.97. The molecule has 0 aromatic rings. The van der Waals surface area contributed by atoms with Crippen molar-refractivity contribution in [2.45, 2.75) is 46.1 Å². The van der Waals surface area contributed by atoms with E-state index in [1.807, 2.05) is 6.92 Å². The Labute approximate surface area is 115 Å². The van der Waals surface area contributed by atoms with Crippen LogP contribution in [0.1, 0.15) is 40.0 Å². The molecule has 4 nitrogen and oxygen atoms in total. The number of hydrogen-bond donors (Lipinski definition) is 0. The Hall–Kier alpha value is -1.24. The second-order valence-electron chi connectivity index (χ2n) is 6.30. The summed E-state index contributed by atoms with van der Waals surface area (Å²) in [6.45, 7) is 7.52. The van der Waals surface area contributed by atoms with Crippen LogP contribution in [0.5, 0.6) is 0 Å². The third kappa shape index (κ3) is 3.40. The molecule has 1 saturated carbocycles. The molecule has 3 atom stereocenters. The van der Waals surface area contributed by atoms with Gasteiger partial charge in [0.05, 0.1) is 12.0 Å². The number of nitriles is 1. The van der Waals surface area contributed by atoms with Gasteiger partial charge in [-0.05, 0) is 43.9 Å². The van der Waals surface area contributed by atoms with Gasteiger partial charge in [-0.3, -0.25) is 0 Å². The fourth-order valence-corrected chi connectivity index (χ4v) is 2.97. The average molecular weight is 264 g/mol. The third-order valence-corrected chi connectivity index (χ3v) is 4.52. The van der Waals surface area contributed by atoms with Crippen molar-refractivity contribution in [2.75, 3.05) is 13.1 Å². The number of ether oxygens (including phenoxy) is 1. The predicted octanol–water partition coefficient (Wildman–Crippen LogP) is 3.04. The zero-order chi connectivity index (χ0) is 14.0. The lowest BCUT2D eigenvalue weighted by Crippen LogP contribution is -2.45. The van der Waals surface area contributed by atoms with Crippen LogP contribution in [0.3, 0.4) is 0 Å². The van der Waals surface area contributed by atoms with Crippen LogP contribution in [-0.2, 0) is 4.74 Å². The highest BCUT2D eigenvalue weighted by molar-refractivity contribution is 5.68. The van der Waals surface area contributed by atoms with Crippen molar-refractivity contribution >= 4 is 6.09 Å². The van der Waals surface area contributed by atoms with Gasteiger partial charge in [-0.2, -0.15) is 5.26 Å². The topological polar surface area (TPSA) is 53.3 Å². The summed E-state index contributed by atoms with van der Waals surface area (Å²) in [4.78, 5) is 13.8. The van der Waals surface area contributed by atoms with E-state index in [2.05, 4.69) is 19.9 Å². The lowest BCUT2D eigenvalue weighted by Gasteiger charge is -2.37. The van der Waals surface area contributed by atoms with Crippen molar-refractivity contribution in [3.63, 3.8) is 0 Å². The van der Waals surface area contributed by atoms with Gasteiger partial charge in [-0.1, -0.05) is 13.8 Å². The van der Waals surface area contributed by atoms with Crippen LogP contribution in [0, 0.1) is 35.0 Å². The fraction of sp³-hybridized carbons (Fsp3) is 0.867. The highest BCUT2D eigenvalue weighted by atomic mass is 16.6. The van der Waals surface area contributed by atoms with Crippen molar-refractivity contribution in [2.24, 2.45) is 23.7 Å². The molecule has 1 amide bonds. The number of nitrogens with zero attached hydrogens (tertiary/aromatic N) is 2. The van der Waals surface area contributed by atoms with Gasteiger partial charge < -0.3 is 9.64 Å². The number of likely N-dealkylation sites (tertiary alicyclic amines) is 1. The zero-order valence-corrected chi connectivity index (χ0v) is 12.1. The van der Waals surface area contributed by atoms with Gasteiger partial charge in [-0.15, -0.1) is 0 Å². The van der Waals surface area contributed by atoms with Crippen LogP contribution >= 0.6 is 0 Å². The van der Waals surface area contributed by atoms with Gasteiger partial charge in [0.2, 0.25) is 0 Å². The van der Waals surface area contributed by atoms with Crippen LogP contribution in [0.4, 0.5) is 4.79 Å². The summed E-state index contributed by atoms with van der Waals surface area (Å²) in [6, 6.07) is 2.36. The largest absolute Gasteiger partial charge is 0.446 e. The smallest absolute Gasteiger partial charge is 0.410 e. The van der Waals surface area contributed by atoms with Gasteiger partial charge in [0.15, 0.2) is 0 Å². The van der Waals surface area contributed by atoms with Gasteiger partial charge in [-0.25, -0.2) is 4.79 Å². The molecule has 0 radical (unpaired) electrons. The Kier molecular flexibility index (Phi) is 4.34. The summed E-state index contributed by atoms with van der Waals surface area (Å²) in [5, 5.41) is 9.26. The molecular formula is C15H24N2O2. The van der Waals surface area contributed by atoms with Crippen molar-refractivity contribution in [1.82, 2.24) is 4.90 Å². The van der Waals surface area contributed by atoms with Crippen LogP contribution < -0.4 is 0 Å². The van der Waals surface area contributed by atoms with Crippen molar-refractivity contribution in [1.29, 1.82) is 5.26 Å². The number of hydrogen-bond acceptors (Lipinski definition) is 3. The SMILES string of the molecule is CC(C)C1CCN(C(=O)OC(C)C2CC2)CC1C#N. The maximum Gasteiger partial charge on any atom is 0.410 e. The monoisotopic (exact) mass is 264 g/mol. The molecule has 106 valence electrons. The molecule has 0 aromatic heterocycles. The van der Waals surface area contributed by atoms with E-state index in [-0.39, 0.29) is 18.1 Å². The summed E-state index contributed by atoms with van der Waals surface area (Å²) >= 11 is 0. The minimum atomic E-state index is -0.234. The molecule has 4 heteroatoms. The molecule has 2 rings (SSSR count). The first-order valence-corrected chi connectivity index (χ1v) is 7.38. The Morgan fingerprint density at radius 3 is 2.53 bits per heavy atom. The number of carbonyl (C=O) groups is 1. The van der Waals surface area contributed by atoms with E-state index in [1.54, 1.807) is 4.90 Å². The standard InChI is InChI=1S/C15H24N2O2/c1-10(2)14-6-7-17(9-13(14)8-16)15(18)19-11(3)12-4-5-12/h10-14H,4-7,9H2,1-3H3. The van der Waals surface area contributed by atoms with Crippen molar-refractivity contribution in [3.8, 4) is 6.07 Å². The van der Waals surface area contributed by atoms with Crippen LogP contribution in [0.25, 0.3) is 0 Å². The van der Waals surface area contributed by atoms with Gasteiger partial charge >= 0.3 is 6.09 Å². The van der Waals surface area contributed by atoms with Gasteiger partial charge in [0, 0.05) is 13.1 Å². The highest BCUT2D eigenvalue weighted by Gasteiger charge is 2.36. The molecule has 0 spiro atoms. The molecule has 2 fully saturated rings. The molecule has 1 aliphatic carbocycles. The minimum absolute atomic E-state index is 0.0239. The summed E-state index contributed by atoms with van der Waals surface area (Å²) in [5.41, 5.74) is 0. The summed E-state index contributed by atoms with van der Waals surface area (Å²) in [6.07, 6.45) is 3.04. The first kappa shape index (κ1) is 14.2. The van der Waals surface area contributed by atoms with E-state index >= 15 is 0 Å². The molecule has 0 bridgehead atoms. The number of piperidine rings is 1.